The second-order valence-electron chi connectivity index (χ2n) is 9.04. The summed E-state index contributed by atoms with van der Waals surface area (Å²) in [5, 5.41) is 7.07. The van der Waals surface area contributed by atoms with Crippen molar-refractivity contribution < 1.29 is 0 Å². The number of benzene rings is 3. The summed E-state index contributed by atoms with van der Waals surface area (Å²) in [5.74, 6) is 1.24. The van der Waals surface area contributed by atoms with E-state index in [1.54, 1.807) is 0 Å². The lowest BCUT2D eigenvalue weighted by Crippen LogP contribution is -2.17. The van der Waals surface area contributed by atoms with Gasteiger partial charge in [-0.1, -0.05) is 94.1 Å². The summed E-state index contributed by atoms with van der Waals surface area (Å²) in [4.78, 5) is 9.45. The molecular weight excluding hydrogens is 416 g/mol. The van der Waals surface area contributed by atoms with Gasteiger partial charge in [0.05, 0.1) is 18.3 Å². The topological polar surface area (TPSA) is 48.8 Å². The molecule has 3 aromatic rings. The molecule has 4 nitrogen and oxygen atoms in total. The Bertz CT molecular complexity index is 1160. The van der Waals surface area contributed by atoms with Crippen LogP contribution in [0.5, 0.6) is 0 Å². The van der Waals surface area contributed by atoms with E-state index in [1.807, 2.05) is 18.2 Å². The number of nitrogens with zero attached hydrogens (tertiary/aromatic N) is 2. The number of amidine groups is 1. The summed E-state index contributed by atoms with van der Waals surface area (Å²) >= 11 is 0. The normalized spacial score (nSPS) is 13.9. The SMILES string of the molecule is C=C(NCCC)c1ccc(NC(c2ccc(C3=NCC(c4ccccc4)=N3)cc2)C(C)C)cc1. The lowest BCUT2D eigenvalue weighted by molar-refractivity contribution is 0.546. The van der Waals surface area contributed by atoms with Crippen molar-refractivity contribution in [3.05, 3.63) is 108 Å². The van der Waals surface area contributed by atoms with Gasteiger partial charge in [-0.05, 0) is 41.2 Å². The second kappa shape index (κ2) is 11.0. The zero-order chi connectivity index (χ0) is 23.9. The third-order valence-electron chi connectivity index (χ3n) is 6.07. The summed E-state index contributed by atoms with van der Waals surface area (Å²) in [6, 6.07) is 27.6. The molecule has 3 aromatic carbocycles. The molecule has 0 fully saturated rings. The number of anilines is 1. The van der Waals surface area contributed by atoms with Gasteiger partial charge in [0.25, 0.3) is 0 Å². The van der Waals surface area contributed by atoms with Gasteiger partial charge < -0.3 is 10.6 Å². The fraction of sp³-hybridized carbons (Fsp3) is 0.267. The van der Waals surface area contributed by atoms with Gasteiger partial charge in [-0.15, -0.1) is 0 Å². The predicted molar refractivity (Wildman–Crippen MR) is 146 cm³/mol. The molecule has 1 heterocycles. The van der Waals surface area contributed by atoms with Crippen molar-refractivity contribution in [1.29, 1.82) is 0 Å². The molecule has 0 saturated carbocycles. The first-order valence-corrected chi connectivity index (χ1v) is 12.1. The van der Waals surface area contributed by atoms with Crippen LogP contribution in [0.4, 0.5) is 5.69 Å². The van der Waals surface area contributed by atoms with E-state index in [9.17, 15) is 0 Å². The molecule has 1 atom stereocenters. The van der Waals surface area contributed by atoms with E-state index in [0.29, 0.717) is 12.5 Å². The zero-order valence-corrected chi connectivity index (χ0v) is 20.4. The van der Waals surface area contributed by atoms with Crippen molar-refractivity contribution in [2.75, 3.05) is 18.4 Å². The van der Waals surface area contributed by atoms with E-state index < -0.39 is 0 Å². The van der Waals surface area contributed by atoms with Gasteiger partial charge in [0.2, 0.25) is 0 Å². The Morgan fingerprint density at radius 3 is 2.26 bits per heavy atom. The average Bonchev–Trinajstić information content (AvgIpc) is 3.37. The minimum Gasteiger partial charge on any atom is -0.385 e. The maximum Gasteiger partial charge on any atom is 0.155 e. The zero-order valence-electron chi connectivity index (χ0n) is 20.4. The van der Waals surface area contributed by atoms with Crippen molar-refractivity contribution in [3.63, 3.8) is 0 Å². The van der Waals surface area contributed by atoms with Gasteiger partial charge in [0, 0.05) is 23.5 Å². The Balaban J connectivity index is 1.45. The van der Waals surface area contributed by atoms with E-state index in [0.717, 1.165) is 52.6 Å². The van der Waals surface area contributed by atoms with Gasteiger partial charge in [0.1, 0.15) is 0 Å². The van der Waals surface area contributed by atoms with Gasteiger partial charge in [0.15, 0.2) is 5.84 Å². The van der Waals surface area contributed by atoms with E-state index in [2.05, 4.69) is 104 Å². The summed E-state index contributed by atoms with van der Waals surface area (Å²) in [7, 11) is 0. The molecule has 0 radical (unpaired) electrons. The Hall–Kier alpha value is -3.66. The van der Waals surface area contributed by atoms with Crippen LogP contribution < -0.4 is 10.6 Å². The molecule has 1 aliphatic rings. The fourth-order valence-corrected chi connectivity index (χ4v) is 4.09. The molecule has 4 heteroatoms. The first kappa shape index (κ1) is 23.5. The van der Waals surface area contributed by atoms with Gasteiger partial charge in [-0.3, -0.25) is 4.99 Å². The Morgan fingerprint density at radius 2 is 1.62 bits per heavy atom. The van der Waals surface area contributed by atoms with Crippen LogP contribution in [-0.4, -0.2) is 24.6 Å². The van der Waals surface area contributed by atoms with E-state index in [1.165, 1.54) is 5.56 Å². The van der Waals surface area contributed by atoms with Crippen molar-refractivity contribution in [1.82, 2.24) is 5.32 Å². The first-order chi connectivity index (χ1) is 16.5. The smallest absolute Gasteiger partial charge is 0.155 e. The lowest BCUT2D eigenvalue weighted by Gasteiger charge is -2.24. The molecule has 0 amide bonds. The number of nitrogens with one attached hydrogen (secondary N) is 2. The maximum atomic E-state index is 4.79. The standard InChI is InChI=1S/C30H34N4/c1-5-19-31-22(4)23-15-17-27(18-16-23)33-29(21(2)3)25-11-13-26(14-12-25)30-32-20-28(34-30)24-9-7-6-8-10-24/h6-18,21,29,31,33H,4-5,19-20H2,1-3H3. The summed E-state index contributed by atoms with van der Waals surface area (Å²) < 4.78 is 0. The second-order valence-corrected chi connectivity index (χ2v) is 9.04. The van der Waals surface area contributed by atoms with E-state index in [-0.39, 0.29) is 6.04 Å². The molecule has 1 aliphatic heterocycles. The summed E-state index contributed by atoms with van der Waals surface area (Å²) in [5.41, 5.74) is 7.67. The van der Waals surface area contributed by atoms with Crippen molar-refractivity contribution in [2.45, 2.75) is 33.2 Å². The summed E-state index contributed by atoms with van der Waals surface area (Å²) in [6.07, 6.45) is 1.08. The van der Waals surface area contributed by atoms with Gasteiger partial charge in [-0.2, -0.15) is 0 Å². The maximum absolute atomic E-state index is 4.79. The number of hydrogen-bond donors (Lipinski definition) is 2. The molecule has 4 rings (SSSR count). The Labute approximate surface area is 203 Å². The molecule has 0 bridgehead atoms. The highest BCUT2D eigenvalue weighted by Crippen LogP contribution is 2.28. The number of hydrogen-bond acceptors (Lipinski definition) is 4. The average molecular weight is 451 g/mol. The molecule has 174 valence electrons. The monoisotopic (exact) mass is 450 g/mol. The van der Waals surface area contributed by atoms with Crippen LogP contribution in [0.3, 0.4) is 0 Å². The predicted octanol–water partition coefficient (Wildman–Crippen LogP) is 6.72. The molecule has 0 aliphatic carbocycles. The fourth-order valence-electron chi connectivity index (χ4n) is 4.09. The molecule has 2 N–H and O–H groups in total. The molecule has 0 spiro atoms. The van der Waals surface area contributed by atoms with Crippen LogP contribution in [0.2, 0.25) is 0 Å². The Kier molecular flexibility index (Phi) is 7.58. The van der Waals surface area contributed by atoms with Crippen LogP contribution in [-0.2, 0) is 0 Å². The van der Waals surface area contributed by atoms with Gasteiger partial charge in [-0.25, -0.2) is 4.99 Å². The van der Waals surface area contributed by atoms with Crippen LogP contribution in [0.1, 0.15) is 55.5 Å². The highest BCUT2D eigenvalue weighted by Gasteiger charge is 2.18. The molecule has 0 saturated heterocycles. The Morgan fingerprint density at radius 1 is 0.912 bits per heavy atom. The minimum atomic E-state index is 0.204. The molecule has 34 heavy (non-hydrogen) atoms. The third-order valence-corrected chi connectivity index (χ3v) is 6.07. The lowest BCUT2D eigenvalue weighted by atomic mass is 9.94. The molecule has 1 unspecified atom stereocenters. The van der Waals surface area contributed by atoms with Crippen molar-refractivity contribution in [2.24, 2.45) is 15.9 Å². The molecular formula is C30H34N4. The van der Waals surface area contributed by atoms with Crippen LogP contribution in [0.15, 0.2) is 95.4 Å². The summed E-state index contributed by atoms with van der Waals surface area (Å²) in [6.45, 7) is 12.4. The molecule has 0 aromatic heterocycles. The van der Waals surface area contributed by atoms with E-state index >= 15 is 0 Å². The highest BCUT2D eigenvalue weighted by molar-refractivity contribution is 6.17. The first-order valence-electron chi connectivity index (χ1n) is 12.1. The van der Waals surface area contributed by atoms with Crippen molar-refractivity contribution in [3.8, 4) is 0 Å². The largest absolute Gasteiger partial charge is 0.385 e. The minimum absolute atomic E-state index is 0.204. The van der Waals surface area contributed by atoms with E-state index in [4.69, 9.17) is 4.99 Å². The van der Waals surface area contributed by atoms with Crippen LogP contribution in [0, 0.1) is 5.92 Å². The van der Waals surface area contributed by atoms with Crippen molar-refractivity contribution >= 4 is 22.9 Å². The number of rotatable bonds is 10. The van der Waals surface area contributed by atoms with Crippen LogP contribution in [0.25, 0.3) is 5.70 Å². The van der Waals surface area contributed by atoms with Crippen LogP contribution >= 0.6 is 0 Å². The van der Waals surface area contributed by atoms with Gasteiger partial charge >= 0.3 is 0 Å². The highest BCUT2D eigenvalue weighted by atomic mass is 15.0. The number of aliphatic imine (C=N–C) groups is 2. The third kappa shape index (κ3) is 5.63. The quantitative estimate of drug-likeness (QED) is 0.360.